The molecule has 104 valence electrons. The number of carbonyl (C=O) groups excluding carboxylic acids is 2. The van der Waals surface area contributed by atoms with Gasteiger partial charge in [0, 0.05) is 26.2 Å². The van der Waals surface area contributed by atoms with Crippen molar-refractivity contribution in [2.24, 2.45) is 5.73 Å². The normalized spacial score (nSPS) is 19.6. The summed E-state index contributed by atoms with van der Waals surface area (Å²) < 4.78 is 0. The molecule has 0 aromatic carbocycles. The van der Waals surface area contributed by atoms with Gasteiger partial charge in [-0.05, 0) is 13.3 Å². The van der Waals surface area contributed by atoms with Crippen LogP contribution in [0.15, 0.2) is 0 Å². The van der Waals surface area contributed by atoms with Gasteiger partial charge < -0.3 is 20.6 Å². The second kappa shape index (κ2) is 6.70. The van der Waals surface area contributed by atoms with Crippen LogP contribution in [0.2, 0.25) is 0 Å². The standard InChI is InChI=1S/C12H23N3O3/c1-3-4-10(13)12(18)15-7-5-14(6-8-15)11(17)9(2)16/h9-10,16H,3-8,13H2,1-2H3. The van der Waals surface area contributed by atoms with Gasteiger partial charge in [-0.2, -0.15) is 0 Å². The highest BCUT2D eigenvalue weighted by Gasteiger charge is 2.27. The third-order valence-electron chi connectivity index (χ3n) is 3.18. The Labute approximate surface area is 108 Å². The van der Waals surface area contributed by atoms with E-state index in [0.717, 1.165) is 6.42 Å². The van der Waals surface area contributed by atoms with E-state index in [1.807, 2.05) is 6.92 Å². The van der Waals surface area contributed by atoms with Crippen LogP contribution in [-0.2, 0) is 9.59 Å². The summed E-state index contributed by atoms with van der Waals surface area (Å²) in [4.78, 5) is 26.8. The maximum atomic E-state index is 11.9. The summed E-state index contributed by atoms with van der Waals surface area (Å²) >= 11 is 0. The summed E-state index contributed by atoms with van der Waals surface area (Å²) in [6.45, 7) is 5.37. The minimum atomic E-state index is -0.977. The first-order valence-electron chi connectivity index (χ1n) is 6.48. The summed E-state index contributed by atoms with van der Waals surface area (Å²) in [5.41, 5.74) is 5.79. The van der Waals surface area contributed by atoms with E-state index >= 15 is 0 Å². The molecule has 0 bridgehead atoms. The zero-order chi connectivity index (χ0) is 13.7. The molecule has 2 atom stereocenters. The van der Waals surface area contributed by atoms with Crippen molar-refractivity contribution in [2.45, 2.75) is 38.8 Å². The van der Waals surface area contributed by atoms with Gasteiger partial charge in [-0.1, -0.05) is 13.3 Å². The zero-order valence-corrected chi connectivity index (χ0v) is 11.1. The highest BCUT2D eigenvalue weighted by atomic mass is 16.3. The molecule has 1 rings (SSSR count). The lowest BCUT2D eigenvalue weighted by Crippen LogP contribution is -2.55. The molecular weight excluding hydrogens is 234 g/mol. The monoisotopic (exact) mass is 257 g/mol. The maximum Gasteiger partial charge on any atom is 0.251 e. The van der Waals surface area contributed by atoms with Crippen LogP contribution in [0.3, 0.4) is 0 Å². The highest BCUT2D eigenvalue weighted by molar-refractivity contribution is 5.83. The summed E-state index contributed by atoms with van der Waals surface area (Å²) in [7, 11) is 0. The number of aliphatic hydroxyl groups excluding tert-OH is 1. The molecular formula is C12H23N3O3. The SMILES string of the molecule is CCCC(N)C(=O)N1CCN(C(=O)C(C)O)CC1. The fraction of sp³-hybridized carbons (Fsp3) is 0.833. The number of hydrogen-bond acceptors (Lipinski definition) is 4. The predicted octanol–water partition coefficient (Wildman–Crippen LogP) is -0.835. The Kier molecular flexibility index (Phi) is 5.55. The van der Waals surface area contributed by atoms with Crippen LogP contribution < -0.4 is 5.73 Å². The van der Waals surface area contributed by atoms with Crippen molar-refractivity contribution < 1.29 is 14.7 Å². The van der Waals surface area contributed by atoms with Crippen LogP contribution in [0, 0.1) is 0 Å². The Morgan fingerprint density at radius 2 is 1.61 bits per heavy atom. The topological polar surface area (TPSA) is 86.9 Å². The van der Waals surface area contributed by atoms with Gasteiger partial charge in [-0.3, -0.25) is 9.59 Å². The number of aliphatic hydroxyl groups is 1. The first-order valence-corrected chi connectivity index (χ1v) is 6.48. The van der Waals surface area contributed by atoms with Gasteiger partial charge in [0.2, 0.25) is 5.91 Å². The van der Waals surface area contributed by atoms with Gasteiger partial charge in [-0.15, -0.1) is 0 Å². The van der Waals surface area contributed by atoms with E-state index in [1.165, 1.54) is 6.92 Å². The molecule has 18 heavy (non-hydrogen) atoms. The Morgan fingerprint density at radius 1 is 1.17 bits per heavy atom. The predicted molar refractivity (Wildman–Crippen MR) is 67.7 cm³/mol. The minimum absolute atomic E-state index is 0.0407. The van der Waals surface area contributed by atoms with Crippen LogP contribution in [0.4, 0.5) is 0 Å². The van der Waals surface area contributed by atoms with Crippen LogP contribution in [-0.4, -0.2) is 65.0 Å². The van der Waals surface area contributed by atoms with Gasteiger partial charge in [0.1, 0.15) is 6.10 Å². The molecule has 6 heteroatoms. The van der Waals surface area contributed by atoms with E-state index in [0.29, 0.717) is 32.6 Å². The number of hydrogen-bond donors (Lipinski definition) is 2. The van der Waals surface area contributed by atoms with Crippen molar-refractivity contribution in [2.75, 3.05) is 26.2 Å². The number of nitrogens with two attached hydrogens (primary N) is 1. The zero-order valence-electron chi connectivity index (χ0n) is 11.1. The Morgan fingerprint density at radius 3 is 2.00 bits per heavy atom. The maximum absolute atomic E-state index is 11.9. The summed E-state index contributed by atoms with van der Waals surface area (Å²) in [6, 6.07) is -0.436. The van der Waals surface area contributed by atoms with E-state index < -0.39 is 12.1 Å². The number of carbonyl (C=O) groups is 2. The summed E-state index contributed by atoms with van der Waals surface area (Å²) in [6.07, 6.45) is 0.591. The Bertz CT molecular complexity index is 299. The minimum Gasteiger partial charge on any atom is -0.384 e. The molecule has 2 unspecified atom stereocenters. The lowest BCUT2D eigenvalue weighted by Gasteiger charge is -2.36. The molecule has 0 radical (unpaired) electrons. The number of amides is 2. The highest BCUT2D eigenvalue weighted by Crippen LogP contribution is 2.07. The van der Waals surface area contributed by atoms with Gasteiger partial charge in [-0.25, -0.2) is 0 Å². The summed E-state index contributed by atoms with van der Waals surface area (Å²) in [5.74, 6) is -0.319. The van der Waals surface area contributed by atoms with E-state index in [2.05, 4.69) is 0 Å². The van der Waals surface area contributed by atoms with E-state index in [9.17, 15) is 14.7 Å². The molecule has 0 aliphatic carbocycles. The molecule has 6 nitrogen and oxygen atoms in total. The van der Waals surface area contributed by atoms with E-state index in [4.69, 9.17) is 5.73 Å². The molecule has 2 amide bonds. The fourth-order valence-electron chi connectivity index (χ4n) is 2.08. The third kappa shape index (κ3) is 3.68. The van der Waals surface area contributed by atoms with Crippen LogP contribution in [0.25, 0.3) is 0 Å². The van der Waals surface area contributed by atoms with Gasteiger partial charge in [0.05, 0.1) is 6.04 Å². The van der Waals surface area contributed by atoms with Crippen molar-refractivity contribution in [1.82, 2.24) is 9.80 Å². The average Bonchev–Trinajstić information content (AvgIpc) is 2.37. The first kappa shape index (κ1) is 14.9. The van der Waals surface area contributed by atoms with E-state index in [-0.39, 0.29) is 11.8 Å². The number of rotatable bonds is 4. The molecule has 1 fully saturated rings. The van der Waals surface area contributed by atoms with Crippen molar-refractivity contribution >= 4 is 11.8 Å². The Balaban J connectivity index is 2.44. The van der Waals surface area contributed by atoms with E-state index in [1.54, 1.807) is 9.80 Å². The smallest absolute Gasteiger partial charge is 0.251 e. The van der Waals surface area contributed by atoms with Gasteiger partial charge in [0.15, 0.2) is 0 Å². The average molecular weight is 257 g/mol. The van der Waals surface area contributed by atoms with Gasteiger partial charge >= 0.3 is 0 Å². The summed E-state index contributed by atoms with van der Waals surface area (Å²) in [5, 5.41) is 9.21. The molecule has 0 aromatic heterocycles. The third-order valence-corrected chi connectivity index (χ3v) is 3.18. The molecule has 0 spiro atoms. The second-order valence-electron chi connectivity index (χ2n) is 4.72. The lowest BCUT2D eigenvalue weighted by molar-refractivity contribution is -0.145. The Hall–Kier alpha value is -1.14. The van der Waals surface area contributed by atoms with Crippen molar-refractivity contribution in [1.29, 1.82) is 0 Å². The molecule has 1 heterocycles. The molecule has 1 aliphatic rings. The van der Waals surface area contributed by atoms with Gasteiger partial charge in [0.25, 0.3) is 5.91 Å². The van der Waals surface area contributed by atoms with Crippen molar-refractivity contribution in [3.05, 3.63) is 0 Å². The molecule has 1 aliphatic heterocycles. The molecule has 1 saturated heterocycles. The van der Waals surface area contributed by atoms with Crippen LogP contribution >= 0.6 is 0 Å². The molecule has 3 N–H and O–H groups in total. The van der Waals surface area contributed by atoms with Crippen LogP contribution in [0.5, 0.6) is 0 Å². The first-order chi connectivity index (χ1) is 8.47. The van der Waals surface area contributed by atoms with Crippen LogP contribution in [0.1, 0.15) is 26.7 Å². The lowest BCUT2D eigenvalue weighted by atomic mass is 10.1. The van der Waals surface area contributed by atoms with Crippen molar-refractivity contribution in [3.63, 3.8) is 0 Å². The number of nitrogens with zero attached hydrogens (tertiary/aromatic N) is 2. The quantitative estimate of drug-likeness (QED) is 0.688. The van der Waals surface area contributed by atoms with Crippen molar-refractivity contribution in [3.8, 4) is 0 Å². The molecule has 0 saturated carbocycles. The number of piperazine rings is 1. The largest absolute Gasteiger partial charge is 0.384 e. The molecule has 0 aromatic rings. The second-order valence-corrected chi connectivity index (χ2v) is 4.72. The fourth-order valence-corrected chi connectivity index (χ4v) is 2.08.